The Hall–Kier alpha value is -1.24. The summed E-state index contributed by atoms with van der Waals surface area (Å²) in [6.07, 6.45) is 13.0. The fourth-order valence-corrected chi connectivity index (χ4v) is 1.51. The first-order valence-corrected chi connectivity index (χ1v) is 6.70. The Balaban J connectivity index is 0.00000121. The van der Waals surface area contributed by atoms with Gasteiger partial charge in [0.1, 0.15) is 0 Å². The summed E-state index contributed by atoms with van der Waals surface area (Å²) in [4.78, 5) is 2.10. The predicted molar refractivity (Wildman–Crippen MR) is 78.4 cm³/mol. The topological polar surface area (TPSA) is 3.24 Å². The Kier molecular flexibility index (Phi) is 8.21. The standard InChI is InChI=1S/C14H21N.C2H6/c1-5-7-8-14-10-9-13(12(3)4)11-15(14)6-2;1-2/h6,8-12H,2,5,7H2,1,3-4H3;1-2H3/b14-8-;. The lowest BCUT2D eigenvalue weighted by molar-refractivity contribution is 0.614. The molecule has 0 spiro atoms. The molecule has 0 aromatic carbocycles. The summed E-state index contributed by atoms with van der Waals surface area (Å²) >= 11 is 0. The molecule has 1 heterocycles. The van der Waals surface area contributed by atoms with Gasteiger partial charge in [-0.05, 0) is 24.0 Å². The third-order valence-corrected chi connectivity index (χ3v) is 2.54. The summed E-state index contributed by atoms with van der Waals surface area (Å²) in [6, 6.07) is 0. The van der Waals surface area contributed by atoms with Gasteiger partial charge in [-0.25, -0.2) is 0 Å². The Morgan fingerprint density at radius 2 is 1.94 bits per heavy atom. The summed E-state index contributed by atoms with van der Waals surface area (Å²) in [5, 5.41) is 0. The number of nitrogens with zero attached hydrogens (tertiary/aromatic N) is 1. The van der Waals surface area contributed by atoms with E-state index >= 15 is 0 Å². The summed E-state index contributed by atoms with van der Waals surface area (Å²) < 4.78 is 0. The SMILES string of the molecule is C=CN1C=C(C(C)C)C=C/C1=C/CCC.CC. The van der Waals surface area contributed by atoms with Gasteiger partial charge in [-0.15, -0.1) is 0 Å². The fourth-order valence-electron chi connectivity index (χ4n) is 1.51. The summed E-state index contributed by atoms with van der Waals surface area (Å²) in [5.41, 5.74) is 2.58. The van der Waals surface area contributed by atoms with Crippen molar-refractivity contribution in [2.24, 2.45) is 5.92 Å². The van der Waals surface area contributed by atoms with E-state index in [4.69, 9.17) is 0 Å². The normalized spacial score (nSPS) is 16.7. The van der Waals surface area contributed by atoms with E-state index in [0.717, 1.165) is 6.42 Å². The fraction of sp³-hybridized carbons (Fsp3) is 0.500. The van der Waals surface area contributed by atoms with Crippen LogP contribution in [0.5, 0.6) is 0 Å². The van der Waals surface area contributed by atoms with Gasteiger partial charge < -0.3 is 4.90 Å². The molecule has 0 aliphatic carbocycles. The van der Waals surface area contributed by atoms with Crippen LogP contribution in [-0.4, -0.2) is 4.90 Å². The van der Waals surface area contributed by atoms with Gasteiger partial charge in [-0.2, -0.15) is 0 Å². The molecule has 0 fully saturated rings. The van der Waals surface area contributed by atoms with Crippen molar-refractivity contribution in [3.8, 4) is 0 Å². The number of rotatable bonds is 4. The average Bonchev–Trinajstić information content (AvgIpc) is 2.38. The van der Waals surface area contributed by atoms with Crippen LogP contribution in [0.25, 0.3) is 0 Å². The van der Waals surface area contributed by atoms with E-state index in [-0.39, 0.29) is 0 Å². The predicted octanol–water partition coefficient (Wildman–Crippen LogP) is 5.25. The zero-order valence-corrected chi connectivity index (χ0v) is 12.0. The van der Waals surface area contributed by atoms with Gasteiger partial charge in [-0.1, -0.05) is 59.8 Å². The molecule has 1 aliphatic rings. The zero-order valence-electron chi connectivity index (χ0n) is 12.0. The second kappa shape index (κ2) is 8.86. The van der Waals surface area contributed by atoms with Crippen LogP contribution in [0.4, 0.5) is 0 Å². The molecule has 0 aromatic rings. The van der Waals surface area contributed by atoms with Crippen LogP contribution >= 0.6 is 0 Å². The minimum Gasteiger partial charge on any atom is -0.325 e. The first-order chi connectivity index (χ1) is 8.19. The van der Waals surface area contributed by atoms with Crippen LogP contribution in [0.2, 0.25) is 0 Å². The summed E-state index contributed by atoms with van der Waals surface area (Å²) in [6.45, 7) is 14.4. The minimum atomic E-state index is 0.566. The van der Waals surface area contributed by atoms with Crippen molar-refractivity contribution < 1.29 is 0 Å². The van der Waals surface area contributed by atoms with Crippen molar-refractivity contribution in [1.29, 1.82) is 0 Å². The van der Waals surface area contributed by atoms with E-state index in [1.807, 2.05) is 20.0 Å². The summed E-state index contributed by atoms with van der Waals surface area (Å²) in [5.74, 6) is 0.566. The molecular formula is C16H27N. The van der Waals surface area contributed by atoms with Gasteiger partial charge in [0.25, 0.3) is 0 Å². The highest BCUT2D eigenvalue weighted by atomic mass is 15.1. The smallest absolute Gasteiger partial charge is 0.0409 e. The van der Waals surface area contributed by atoms with E-state index in [2.05, 4.69) is 56.7 Å². The number of hydrogen-bond acceptors (Lipinski definition) is 1. The molecule has 0 atom stereocenters. The monoisotopic (exact) mass is 233 g/mol. The molecular weight excluding hydrogens is 206 g/mol. The summed E-state index contributed by atoms with van der Waals surface area (Å²) in [7, 11) is 0. The van der Waals surface area contributed by atoms with E-state index in [9.17, 15) is 0 Å². The van der Waals surface area contributed by atoms with E-state index in [1.165, 1.54) is 17.7 Å². The highest BCUT2D eigenvalue weighted by Gasteiger charge is 2.09. The molecule has 0 N–H and O–H groups in total. The van der Waals surface area contributed by atoms with Gasteiger partial charge >= 0.3 is 0 Å². The molecule has 0 unspecified atom stereocenters. The molecule has 0 saturated heterocycles. The van der Waals surface area contributed by atoms with Crippen LogP contribution < -0.4 is 0 Å². The van der Waals surface area contributed by atoms with Crippen LogP contribution in [0, 0.1) is 5.92 Å². The average molecular weight is 233 g/mol. The minimum absolute atomic E-state index is 0.566. The molecule has 1 rings (SSSR count). The Morgan fingerprint density at radius 1 is 1.29 bits per heavy atom. The Labute approximate surface area is 107 Å². The Bertz CT molecular complexity index is 305. The Morgan fingerprint density at radius 3 is 2.41 bits per heavy atom. The molecule has 0 radical (unpaired) electrons. The first kappa shape index (κ1) is 15.8. The van der Waals surface area contributed by atoms with Crippen molar-refractivity contribution in [3.63, 3.8) is 0 Å². The highest BCUT2D eigenvalue weighted by Crippen LogP contribution is 2.22. The first-order valence-electron chi connectivity index (χ1n) is 6.70. The van der Waals surface area contributed by atoms with Gasteiger partial charge in [0.05, 0.1) is 0 Å². The molecule has 0 bridgehead atoms. The third-order valence-electron chi connectivity index (χ3n) is 2.54. The van der Waals surface area contributed by atoms with Crippen molar-refractivity contribution in [2.75, 3.05) is 0 Å². The third kappa shape index (κ3) is 5.08. The maximum Gasteiger partial charge on any atom is 0.0409 e. The van der Waals surface area contributed by atoms with Crippen LogP contribution in [-0.2, 0) is 0 Å². The van der Waals surface area contributed by atoms with Gasteiger partial charge in [0.15, 0.2) is 0 Å². The molecule has 17 heavy (non-hydrogen) atoms. The molecule has 1 aliphatic heterocycles. The largest absolute Gasteiger partial charge is 0.325 e. The second-order valence-electron chi connectivity index (χ2n) is 4.12. The van der Waals surface area contributed by atoms with Crippen molar-refractivity contribution in [1.82, 2.24) is 4.90 Å². The van der Waals surface area contributed by atoms with Crippen LogP contribution in [0.3, 0.4) is 0 Å². The van der Waals surface area contributed by atoms with Gasteiger partial charge in [0.2, 0.25) is 0 Å². The maximum absolute atomic E-state index is 3.84. The lowest BCUT2D eigenvalue weighted by Crippen LogP contribution is -2.13. The van der Waals surface area contributed by atoms with Crippen LogP contribution in [0.15, 0.2) is 48.5 Å². The maximum atomic E-state index is 3.84. The number of allylic oxidation sites excluding steroid dienone is 4. The van der Waals surface area contributed by atoms with Crippen molar-refractivity contribution in [2.45, 2.75) is 47.5 Å². The second-order valence-corrected chi connectivity index (χ2v) is 4.12. The highest BCUT2D eigenvalue weighted by molar-refractivity contribution is 5.36. The molecule has 96 valence electrons. The number of unbranched alkanes of at least 4 members (excludes halogenated alkanes) is 1. The lowest BCUT2D eigenvalue weighted by atomic mass is 10.0. The van der Waals surface area contributed by atoms with E-state index < -0.39 is 0 Å². The van der Waals surface area contributed by atoms with Gasteiger partial charge in [-0.3, -0.25) is 0 Å². The zero-order chi connectivity index (χ0) is 13.3. The molecule has 0 aromatic heterocycles. The van der Waals surface area contributed by atoms with E-state index in [0.29, 0.717) is 5.92 Å². The molecule has 1 nitrogen and oxygen atoms in total. The van der Waals surface area contributed by atoms with Crippen molar-refractivity contribution >= 4 is 0 Å². The molecule has 0 amide bonds. The quantitative estimate of drug-likeness (QED) is 0.641. The molecule has 0 saturated carbocycles. The van der Waals surface area contributed by atoms with E-state index in [1.54, 1.807) is 0 Å². The molecule has 1 heteroatoms. The van der Waals surface area contributed by atoms with Crippen molar-refractivity contribution in [3.05, 3.63) is 48.5 Å². The number of hydrogen-bond donors (Lipinski definition) is 0. The van der Waals surface area contributed by atoms with Crippen LogP contribution in [0.1, 0.15) is 47.5 Å². The van der Waals surface area contributed by atoms with Gasteiger partial charge in [0, 0.05) is 18.1 Å². The lowest BCUT2D eigenvalue weighted by Gasteiger charge is -2.23.